The van der Waals surface area contributed by atoms with Gasteiger partial charge in [-0.2, -0.15) is 0 Å². The lowest BCUT2D eigenvalue weighted by molar-refractivity contribution is 0.0690. The lowest BCUT2D eigenvalue weighted by atomic mass is 10.4. The summed E-state index contributed by atoms with van der Waals surface area (Å²) in [6.07, 6.45) is 3.59. The van der Waals surface area contributed by atoms with E-state index in [9.17, 15) is 4.79 Å². The van der Waals surface area contributed by atoms with E-state index in [2.05, 4.69) is 14.9 Å². The molecule has 1 aliphatic rings. The smallest absolute Gasteiger partial charge is 0.354 e. The lowest BCUT2D eigenvalue weighted by Gasteiger charge is -2.15. The first-order valence-electron chi connectivity index (χ1n) is 4.57. The molecular formula is C9H11N3O2. The molecule has 2 heterocycles. The van der Waals surface area contributed by atoms with Gasteiger partial charge in [-0.3, -0.25) is 0 Å². The summed E-state index contributed by atoms with van der Waals surface area (Å²) in [5.74, 6) is -0.289. The van der Waals surface area contributed by atoms with Crippen molar-refractivity contribution in [1.29, 1.82) is 0 Å². The van der Waals surface area contributed by atoms with Crippen molar-refractivity contribution >= 4 is 11.8 Å². The molecule has 2 rings (SSSR count). The molecule has 0 atom stereocenters. The Labute approximate surface area is 81.4 Å². The molecule has 0 spiro atoms. The van der Waals surface area contributed by atoms with Crippen molar-refractivity contribution in [3.05, 3.63) is 18.1 Å². The molecule has 0 amide bonds. The van der Waals surface area contributed by atoms with Crippen molar-refractivity contribution in [3.8, 4) is 0 Å². The standard InChI is InChI=1S/C9H11N3O2/c13-9(14)7-5-8(11-6-10-7)12-3-1-2-4-12/h5-6H,1-4H2,(H,13,14). The highest BCUT2D eigenvalue weighted by Gasteiger charge is 2.15. The van der Waals surface area contributed by atoms with Gasteiger partial charge in [0.1, 0.15) is 12.1 Å². The van der Waals surface area contributed by atoms with Gasteiger partial charge in [0.15, 0.2) is 5.69 Å². The van der Waals surface area contributed by atoms with Crippen LogP contribution in [0.3, 0.4) is 0 Å². The van der Waals surface area contributed by atoms with Crippen LogP contribution in [0.1, 0.15) is 23.3 Å². The van der Waals surface area contributed by atoms with Crippen LogP contribution in [-0.4, -0.2) is 34.1 Å². The van der Waals surface area contributed by atoms with Crippen molar-refractivity contribution in [2.45, 2.75) is 12.8 Å². The first-order valence-corrected chi connectivity index (χ1v) is 4.57. The monoisotopic (exact) mass is 193 g/mol. The zero-order chi connectivity index (χ0) is 9.97. The van der Waals surface area contributed by atoms with E-state index in [1.54, 1.807) is 0 Å². The Morgan fingerprint density at radius 1 is 1.36 bits per heavy atom. The maximum atomic E-state index is 10.7. The molecule has 14 heavy (non-hydrogen) atoms. The summed E-state index contributed by atoms with van der Waals surface area (Å²) in [5.41, 5.74) is 0.0573. The van der Waals surface area contributed by atoms with E-state index < -0.39 is 5.97 Å². The Kier molecular flexibility index (Phi) is 2.30. The van der Waals surface area contributed by atoms with Gasteiger partial charge in [0.05, 0.1) is 0 Å². The second-order valence-corrected chi connectivity index (χ2v) is 3.26. The average Bonchev–Trinajstić information content (AvgIpc) is 2.71. The molecule has 5 nitrogen and oxygen atoms in total. The SMILES string of the molecule is O=C(O)c1cc(N2CCCC2)ncn1. The van der Waals surface area contributed by atoms with Crippen molar-refractivity contribution < 1.29 is 9.90 Å². The fourth-order valence-corrected chi connectivity index (χ4v) is 1.58. The van der Waals surface area contributed by atoms with E-state index in [1.807, 2.05) is 0 Å². The predicted octanol–water partition coefficient (Wildman–Crippen LogP) is 0.775. The Bertz CT molecular complexity index is 348. The van der Waals surface area contributed by atoms with Gasteiger partial charge in [-0.25, -0.2) is 14.8 Å². The zero-order valence-corrected chi connectivity index (χ0v) is 7.68. The van der Waals surface area contributed by atoms with Gasteiger partial charge in [-0.1, -0.05) is 0 Å². The number of aromatic nitrogens is 2. The molecule has 0 saturated carbocycles. The third-order valence-corrected chi connectivity index (χ3v) is 2.30. The number of anilines is 1. The van der Waals surface area contributed by atoms with Crippen LogP contribution < -0.4 is 4.90 Å². The molecule has 0 radical (unpaired) electrons. The van der Waals surface area contributed by atoms with Gasteiger partial charge in [-0.05, 0) is 12.8 Å². The lowest BCUT2D eigenvalue weighted by Crippen LogP contribution is -2.19. The number of hydrogen-bond acceptors (Lipinski definition) is 4. The van der Waals surface area contributed by atoms with Gasteiger partial charge in [0.25, 0.3) is 0 Å². The molecule has 74 valence electrons. The van der Waals surface area contributed by atoms with Gasteiger partial charge in [0.2, 0.25) is 0 Å². The Hall–Kier alpha value is -1.65. The van der Waals surface area contributed by atoms with E-state index in [0.29, 0.717) is 0 Å². The summed E-state index contributed by atoms with van der Waals surface area (Å²) >= 11 is 0. The van der Waals surface area contributed by atoms with E-state index in [4.69, 9.17) is 5.11 Å². The molecule has 1 aromatic rings. The molecule has 1 aliphatic heterocycles. The molecule has 5 heteroatoms. The molecule has 0 unspecified atom stereocenters. The Morgan fingerprint density at radius 3 is 2.71 bits per heavy atom. The number of carboxylic acids is 1. The first kappa shape index (κ1) is 8.93. The fraction of sp³-hybridized carbons (Fsp3) is 0.444. The molecule has 1 fully saturated rings. The topological polar surface area (TPSA) is 66.3 Å². The number of rotatable bonds is 2. The van der Waals surface area contributed by atoms with Crippen molar-refractivity contribution in [1.82, 2.24) is 9.97 Å². The average molecular weight is 193 g/mol. The molecule has 0 bridgehead atoms. The summed E-state index contributed by atoms with van der Waals surface area (Å²) in [6, 6.07) is 1.52. The Balaban J connectivity index is 2.25. The Morgan fingerprint density at radius 2 is 2.07 bits per heavy atom. The van der Waals surface area contributed by atoms with Crippen molar-refractivity contribution in [2.75, 3.05) is 18.0 Å². The number of hydrogen-bond donors (Lipinski definition) is 1. The van der Waals surface area contributed by atoms with Crippen LogP contribution in [0.25, 0.3) is 0 Å². The van der Waals surface area contributed by atoms with Crippen LogP contribution in [0.2, 0.25) is 0 Å². The highest BCUT2D eigenvalue weighted by molar-refractivity contribution is 5.86. The molecule has 0 aliphatic carbocycles. The minimum absolute atomic E-state index is 0.0573. The minimum atomic E-state index is -1.01. The molecular weight excluding hydrogens is 182 g/mol. The van der Waals surface area contributed by atoms with Crippen LogP contribution >= 0.6 is 0 Å². The largest absolute Gasteiger partial charge is 0.477 e. The van der Waals surface area contributed by atoms with E-state index >= 15 is 0 Å². The highest BCUT2D eigenvalue weighted by Crippen LogP contribution is 2.17. The molecule has 1 N–H and O–H groups in total. The first-order chi connectivity index (χ1) is 6.77. The van der Waals surface area contributed by atoms with Crippen LogP contribution in [-0.2, 0) is 0 Å². The van der Waals surface area contributed by atoms with Crippen LogP contribution in [0, 0.1) is 0 Å². The molecule has 1 saturated heterocycles. The second-order valence-electron chi connectivity index (χ2n) is 3.26. The number of carboxylic acid groups (broad SMARTS) is 1. The summed E-state index contributed by atoms with van der Waals surface area (Å²) in [4.78, 5) is 20.5. The highest BCUT2D eigenvalue weighted by atomic mass is 16.4. The molecule has 0 aromatic carbocycles. The van der Waals surface area contributed by atoms with Gasteiger partial charge in [-0.15, -0.1) is 0 Å². The second kappa shape index (κ2) is 3.61. The van der Waals surface area contributed by atoms with Gasteiger partial charge >= 0.3 is 5.97 Å². The van der Waals surface area contributed by atoms with Crippen molar-refractivity contribution in [2.24, 2.45) is 0 Å². The third-order valence-electron chi connectivity index (χ3n) is 2.30. The fourth-order valence-electron chi connectivity index (χ4n) is 1.58. The zero-order valence-electron chi connectivity index (χ0n) is 7.68. The maximum Gasteiger partial charge on any atom is 0.354 e. The minimum Gasteiger partial charge on any atom is -0.477 e. The summed E-state index contributed by atoms with van der Waals surface area (Å²) in [7, 11) is 0. The summed E-state index contributed by atoms with van der Waals surface area (Å²) < 4.78 is 0. The van der Waals surface area contributed by atoms with Gasteiger partial charge in [0, 0.05) is 19.2 Å². The van der Waals surface area contributed by atoms with E-state index in [0.717, 1.165) is 31.7 Å². The summed E-state index contributed by atoms with van der Waals surface area (Å²) in [6.45, 7) is 1.91. The number of nitrogens with zero attached hydrogens (tertiary/aromatic N) is 3. The van der Waals surface area contributed by atoms with E-state index in [1.165, 1.54) is 12.4 Å². The van der Waals surface area contributed by atoms with Crippen LogP contribution in [0.15, 0.2) is 12.4 Å². The maximum absolute atomic E-state index is 10.7. The number of aromatic carboxylic acids is 1. The van der Waals surface area contributed by atoms with Crippen molar-refractivity contribution in [3.63, 3.8) is 0 Å². The van der Waals surface area contributed by atoms with Crippen LogP contribution in [0.4, 0.5) is 5.82 Å². The van der Waals surface area contributed by atoms with Crippen LogP contribution in [0.5, 0.6) is 0 Å². The van der Waals surface area contributed by atoms with Gasteiger partial charge < -0.3 is 10.0 Å². The third kappa shape index (κ3) is 1.66. The quantitative estimate of drug-likeness (QED) is 0.751. The normalized spacial score (nSPS) is 15.9. The number of carbonyl (C=O) groups is 1. The predicted molar refractivity (Wildman–Crippen MR) is 50.4 cm³/mol. The van der Waals surface area contributed by atoms with E-state index in [-0.39, 0.29) is 5.69 Å². The molecule has 1 aromatic heterocycles. The summed E-state index contributed by atoms with van der Waals surface area (Å²) in [5, 5.41) is 8.74.